The first kappa shape index (κ1) is 14.1. The number of benzene rings is 1. The summed E-state index contributed by atoms with van der Waals surface area (Å²) in [6.45, 7) is 1.95. The van der Waals surface area contributed by atoms with E-state index in [0.29, 0.717) is 30.3 Å². The maximum Gasteiger partial charge on any atom is 0.277 e. The fourth-order valence-electron chi connectivity index (χ4n) is 2.27. The number of hydrogen-bond acceptors (Lipinski definition) is 5. The topological polar surface area (TPSA) is 84.9 Å². The lowest BCUT2D eigenvalue weighted by molar-refractivity contribution is -0.147. The van der Waals surface area contributed by atoms with Crippen LogP contribution in [0.3, 0.4) is 0 Å². The summed E-state index contributed by atoms with van der Waals surface area (Å²) < 4.78 is 10.9. The molecule has 3 amide bonds. The Balaban J connectivity index is 1.91. The van der Waals surface area contributed by atoms with Gasteiger partial charge >= 0.3 is 0 Å². The number of amides is 3. The van der Waals surface area contributed by atoms with Gasteiger partial charge in [-0.1, -0.05) is 6.07 Å². The first-order valence-electron chi connectivity index (χ1n) is 6.78. The summed E-state index contributed by atoms with van der Waals surface area (Å²) in [5, 5.41) is 2.49. The summed E-state index contributed by atoms with van der Waals surface area (Å²) in [6, 6.07) is 5.19. The number of fused-ring (bicyclic) bond motifs is 1. The Morgan fingerprint density at radius 3 is 2.68 bits per heavy atom. The van der Waals surface area contributed by atoms with Crippen LogP contribution in [0.25, 0.3) is 6.08 Å². The number of ether oxygens (including phenoxy) is 2. The highest BCUT2D eigenvalue weighted by molar-refractivity contribution is 6.12. The zero-order valence-corrected chi connectivity index (χ0v) is 11.9. The molecule has 114 valence electrons. The minimum atomic E-state index is -0.526. The minimum Gasteiger partial charge on any atom is -0.486 e. The third-order valence-electron chi connectivity index (χ3n) is 3.31. The van der Waals surface area contributed by atoms with E-state index in [9.17, 15) is 14.4 Å². The molecule has 0 atom stereocenters. The molecule has 0 bridgehead atoms. The normalized spacial score (nSPS) is 19.1. The van der Waals surface area contributed by atoms with Gasteiger partial charge in [-0.2, -0.15) is 0 Å². The molecule has 2 aliphatic heterocycles. The van der Waals surface area contributed by atoms with E-state index in [1.165, 1.54) is 13.0 Å². The second-order valence-corrected chi connectivity index (χ2v) is 4.92. The largest absolute Gasteiger partial charge is 0.486 e. The third kappa shape index (κ3) is 2.65. The molecule has 7 heteroatoms. The predicted octanol–water partition coefficient (Wildman–Crippen LogP) is 0.304. The highest BCUT2D eigenvalue weighted by atomic mass is 16.6. The van der Waals surface area contributed by atoms with Crippen LogP contribution < -0.4 is 14.8 Å². The lowest BCUT2D eigenvalue weighted by Crippen LogP contribution is -2.51. The van der Waals surface area contributed by atoms with Crippen LogP contribution in [0.4, 0.5) is 0 Å². The van der Waals surface area contributed by atoms with Crippen LogP contribution in [0.15, 0.2) is 23.9 Å². The molecule has 0 unspecified atom stereocenters. The van der Waals surface area contributed by atoms with Gasteiger partial charge in [-0.25, -0.2) is 0 Å². The maximum absolute atomic E-state index is 12.2. The number of nitrogens with zero attached hydrogens (tertiary/aromatic N) is 1. The van der Waals surface area contributed by atoms with Crippen LogP contribution in [0.5, 0.6) is 11.5 Å². The van der Waals surface area contributed by atoms with Gasteiger partial charge < -0.3 is 14.8 Å². The first-order valence-corrected chi connectivity index (χ1v) is 6.78. The molecule has 0 saturated carbocycles. The first-order chi connectivity index (χ1) is 10.5. The van der Waals surface area contributed by atoms with Crippen molar-refractivity contribution in [3.8, 4) is 11.5 Å². The monoisotopic (exact) mass is 302 g/mol. The van der Waals surface area contributed by atoms with Gasteiger partial charge in [0.25, 0.3) is 5.91 Å². The van der Waals surface area contributed by atoms with Crippen LogP contribution in [0, 0.1) is 0 Å². The zero-order valence-electron chi connectivity index (χ0n) is 11.9. The molecule has 3 rings (SSSR count). The molecule has 1 N–H and O–H groups in total. The van der Waals surface area contributed by atoms with E-state index in [4.69, 9.17) is 9.47 Å². The van der Waals surface area contributed by atoms with Gasteiger partial charge in [0, 0.05) is 6.92 Å². The fourth-order valence-corrected chi connectivity index (χ4v) is 2.27. The second kappa shape index (κ2) is 5.51. The molecule has 7 nitrogen and oxygen atoms in total. The van der Waals surface area contributed by atoms with Crippen LogP contribution in [0.1, 0.15) is 12.5 Å². The number of rotatable bonds is 1. The standard InChI is InChI=1S/C15H14N2O5/c1-9(18)17-8-14(19)16-11(15(17)20)6-10-2-3-12-13(7-10)22-5-4-21-12/h2-3,6-7H,4-5,8H2,1H3,(H,16,19). The van der Waals surface area contributed by atoms with E-state index in [2.05, 4.69) is 5.32 Å². The van der Waals surface area contributed by atoms with Gasteiger partial charge in [0.1, 0.15) is 25.5 Å². The molecule has 22 heavy (non-hydrogen) atoms. The van der Waals surface area contributed by atoms with Crippen LogP contribution in [-0.4, -0.2) is 42.4 Å². The van der Waals surface area contributed by atoms with E-state index < -0.39 is 17.7 Å². The van der Waals surface area contributed by atoms with Crippen molar-refractivity contribution < 1.29 is 23.9 Å². The molecule has 2 aliphatic rings. The van der Waals surface area contributed by atoms with Crippen LogP contribution >= 0.6 is 0 Å². The number of imide groups is 1. The van der Waals surface area contributed by atoms with Crippen molar-refractivity contribution in [1.82, 2.24) is 10.2 Å². The van der Waals surface area contributed by atoms with Crippen LogP contribution in [0.2, 0.25) is 0 Å². The number of hydrogen-bond donors (Lipinski definition) is 1. The lowest BCUT2D eigenvalue weighted by Gasteiger charge is -2.25. The smallest absolute Gasteiger partial charge is 0.277 e. The average molecular weight is 302 g/mol. The molecule has 1 aromatic rings. The molecule has 0 radical (unpaired) electrons. The van der Waals surface area contributed by atoms with Crippen molar-refractivity contribution in [2.75, 3.05) is 19.8 Å². The van der Waals surface area contributed by atoms with E-state index in [-0.39, 0.29) is 12.2 Å². The zero-order chi connectivity index (χ0) is 15.7. The molecular weight excluding hydrogens is 288 g/mol. The van der Waals surface area contributed by atoms with E-state index in [1.807, 2.05) is 0 Å². The SMILES string of the molecule is CC(=O)N1CC(=O)NC(=Cc2ccc3c(c2)OCCO3)C1=O. The molecule has 0 aliphatic carbocycles. The number of carbonyl (C=O) groups excluding carboxylic acids is 3. The Labute approximate surface area is 126 Å². The number of carbonyl (C=O) groups is 3. The van der Waals surface area contributed by atoms with Gasteiger partial charge in [-0.05, 0) is 23.8 Å². The Hall–Kier alpha value is -2.83. The third-order valence-corrected chi connectivity index (χ3v) is 3.31. The van der Waals surface area contributed by atoms with E-state index in [0.717, 1.165) is 4.90 Å². The Morgan fingerprint density at radius 1 is 1.23 bits per heavy atom. The van der Waals surface area contributed by atoms with Crippen molar-refractivity contribution in [3.63, 3.8) is 0 Å². The Bertz CT molecular complexity index is 695. The van der Waals surface area contributed by atoms with Crippen molar-refractivity contribution >= 4 is 23.8 Å². The summed E-state index contributed by atoms with van der Waals surface area (Å²) in [4.78, 5) is 36.1. The van der Waals surface area contributed by atoms with E-state index >= 15 is 0 Å². The van der Waals surface area contributed by atoms with Gasteiger partial charge in [-0.15, -0.1) is 0 Å². The molecule has 2 heterocycles. The maximum atomic E-state index is 12.2. The van der Waals surface area contributed by atoms with Crippen molar-refractivity contribution in [2.24, 2.45) is 0 Å². The lowest BCUT2D eigenvalue weighted by atomic mass is 10.1. The summed E-state index contributed by atoms with van der Waals surface area (Å²) in [5.41, 5.74) is 0.724. The van der Waals surface area contributed by atoms with Crippen molar-refractivity contribution in [3.05, 3.63) is 29.5 Å². The summed E-state index contributed by atoms with van der Waals surface area (Å²) >= 11 is 0. The summed E-state index contributed by atoms with van der Waals surface area (Å²) in [5.74, 6) is -0.176. The Kier molecular flexibility index (Phi) is 3.54. The van der Waals surface area contributed by atoms with Crippen molar-refractivity contribution in [1.29, 1.82) is 0 Å². The van der Waals surface area contributed by atoms with E-state index in [1.54, 1.807) is 18.2 Å². The Morgan fingerprint density at radius 2 is 1.95 bits per heavy atom. The molecule has 1 saturated heterocycles. The van der Waals surface area contributed by atoms with Crippen LogP contribution in [-0.2, 0) is 14.4 Å². The van der Waals surface area contributed by atoms with Gasteiger partial charge in [0.05, 0.1) is 0 Å². The molecule has 0 spiro atoms. The van der Waals surface area contributed by atoms with Gasteiger partial charge in [-0.3, -0.25) is 19.3 Å². The van der Waals surface area contributed by atoms with Crippen molar-refractivity contribution in [2.45, 2.75) is 6.92 Å². The molecular formula is C15H14N2O5. The predicted molar refractivity (Wildman–Crippen MR) is 75.9 cm³/mol. The van der Waals surface area contributed by atoms with Gasteiger partial charge in [0.15, 0.2) is 11.5 Å². The number of nitrogens with one attached hydrogen (secondary N) is 1. The molecule has 1 aromatic carbocycles. The summed E-state index contributed by atoms with van der Waals surface area (Å²) in [7, 11) is 0. The molecule has 1 fully saturated rings. The fraction of sp³-hybridized carbons (Fsp3) is 0.267. The molecule has 0 aromatic heterocycles. The summed E-state index contributed by atoms with van der Waals surface area (Å²) in [6.07, 6.45) is 1.51. The van der Waals surface area contributed by atoms with Gasteiger partial charge in [0.2, 0.25) is 11.8 Å². The minimum absolute atomic E-state index is 0.0585. The average Bonchev–Trinajstić information content (AvgIpc) is 2.50. The highest BCUT2D eigenvalue weighted by Gasteiger charge is 2.30. The quantitative estimate of drug-likeness (QED) is 0.754. The highest BCUT2D eigenvalue weighted by Crippen LogP contribution is 2.31. The second-order valence-electron chi connectivity index (χ2n) is 4.92. The number of piperazine rings is 1.